The summed E-state index contributed by atoms with van der Waals surface area (Å²) >= 11 is 4.73. The third kappa shape index (κ3) is 4.10. The fourth-order valence-corrected chi connectivity index (χ4v) is 5.08. The Morgan fingerprint density at radius 1 is 1.14 bits per heavy atom. The van der Waals surface area contributed by atoms with Crippen LogP contribution in [0.1, 0.15) is 0 Å². The molecule has 0 aliphatic rings. The molecule has 1 heterocycles. The topological polar surface area (TPSA) is 95.3 Å². The normalized spacial score (nSPS) is 11.3. The summed E-state index contributed by atoms with van der Waals surface area (Å²) in [6.07, 6.45) is 3.46. The van der Waals surface area contributed by atoms with Crippen LogP contribution in [0.15, 0.2) is 57.3 Å². The van der Waals surface area contributed by atoms with Gasteiger partial charge in [0, 0.05) is 10.5 Å². The molecule has 0 bridgehead atoms. The minimum atomic E-state index is -3.88. The average Bonchev–Trinajstić information content (AvgIpc) is 3.16. The molecule has 0 amide bonds. The van der Waals surface area contributed by atoms with Gasteiger partial charge in [-0.05, 0) is 46.5 Å². The second kappa shape index (κ2) is 8.41. The number of methoxy groups -OCH3 is 2. The molecular formula is C17H17BrN4O4S2. The van der Waals surface area contributed by atoms with E-state index in [4.69, 9.17) is 9.47 Å². The highest BCUT2D eigenvalue weighted by atomic mass is 79.9. The van der Waals surface area contributed by atoms with E-state index in [9.17, 15) is 8.42 Å². The molecule has 0 unspecified atom stereocenters. The Morgan fingerprint density at radius 2 is 1.86 bits per heavy atom. The van der Waals surface area contributed by atoms with E-state index in [2.05, 4.69) is 30.8 Å². The van der Waals surface area contributed by atoms with Gasteiger partial charge in [-0.25, -0.2) is 8.42 Å². The standard InChI is InChI=1S/C17H17BrN4O4S2/c1-25-14-8-13(18)16(9-15(14)26-2)28(23,24)21-11-5-4-6-12(7-11)22-10-19-20-17(22)27-3/h4-10,21H,1-3H3. The number of halogens is 1. The molecule has 0 fully saturated rings. The van der Waals surface area contributed by atoms with E-state index in [0.29, 0.717) is 26.8 Å². The van der Waals surface area contributed by atoms with Gasteiger partial charge in [-0.15, -0.1) is 10.2 Å². The van der Waals surface area contributed by atoms with Crippen LogP contribution in [0.5, 0.6) is 11.5 Å². The molecule has 148 valence electrons. The fourth-order valence-electron chi connectivity index (χ4n) is 2.51. The van der Waals surface area contributed by atoms with Crippen molar-refractivity contribution < 1.29 is 17.9 Å². The van der Waals surface area contributed by atoms with Gasteiger partial charge in [0.15, 0.2) is 16.7 Å². The van der Waals surface area contributed by atoms with Crippen molar-refractivity contribution in [3.05, 3.63) is 47.2 Å². The van der Waals surface area contributed by atoms with E-state index in [1.165, 1.54) is 32.0 Å². The molecule has 1 N–H and O–H groups in total. The zero-order valence-corrected chi connectivity index (χ0v) is 18.4. The van der Waals surface area contributed by atoms with Crippen molar-refractivity contribution in [2.75, 3.05) is 25.2 Å². The number of ether oxygens (including phenoxy) is 2. The predicted octanol–water partition coefficient (Wildman–Crippen LogP) is 3.57. The number of nitrogens with zero attached hydrogens (tertiary/aromatic N) is 3. The molecule has 0 saturated heterocycles. The summed E-state index contributed by atoms with van der Waals surface area (Å²) in [7, 11) is -0.953. The van der Waals surface area contributed by atoms with Gasteiger partial charge in [0.25, 0.3) is 10.0 Å². The SMILES string of the molecule is COc1cc(Br)c(S(=O)(=O)Nc2cccc(-n3cnnc3SC)c2)cc1OC. The fraction of sp³-hybridized carbons (Fsp3) is 0.176. The molecule has 2 aromatic carbocycles. The van der Waals surface area contributed by atoms with Crippen molar-refractivity contribution in [3.63, 3.8) is 0 Å². The lowest BCUT2D eigenvalue weighted by Crippen LogP contribution is -2.14. The molecule has 3 rings (SSSR count). The molecule has 1 aromatic heterocycles. The molecule has 0 spiro atoms. The lowest BCUT2D eigenvalue weighted by Gasteiger charge is -2.14. The van der Waals surface area contributed by atoms with E-state index in [1.54, 1.807) is 35.2 Å². The number of hydrogen-bond donors (Lipinski definition) is 1. The predicted molar refractivity (Wildman–Crippen MR) is 111 cm³/mol. The van der Waals surface area contributed by atoms with Crippen molar-refractivity contribution in [2.45, 2.75) is 10.1 Å². The summed E-state index contributed by atoms with van der Waals surface area (Å²) in [5.41, 5.74) is 1.14. The third-order valence-electron chi connectivity index (χ3n) is 3.80. The largest absolute Gasteiger partial charge is 0.493 e. The Kier molecular flexibility index (Phi) is 6.16. The van der Waals surface area contributed by atoms with Crippen LogP contribution in [0.25, 0.3) is 5.69 Å². The van der Waals surface area contributed by atoms with E-state index in [-0.39, 0.29) is 4.90 Å². The van der Waals surface area contributed by atoms with Crippen molar-refractivity contribution in [2.24, 2.45) is 0 Å². The van der Waals surface area contributed by atoms with Crippen LogP contribution >= 0.6 is 27.7 Å². The van der Waals surface area contributed by atoms with Crippen molar-refractivity contribution in [1.82, 2.24) is 14.8 Å². The lowest BCUT2D eigenvalue weighted by molar-refractivity contribution is 0.353. The Labute approximate surface area is 175 Å². The van der Waals surface area contributed by atoms with Crippen molar-refractivity contribution in [1.29, 1.82) is 0 Å². The second-order valence-corrected chi connectivity index (χ2v) is 8.76. The average molecular weight is 485 g/mol. The first-order valence-corrected chi connectivity index (χ1v) is 11.4. The highest BCUT2D eigenvalue weighted by molar-refractivity contribution is 9.10. The molecule has 28 heavy (non-hydrogen) atoms. The smallest absolute Gasteiger partial charge is 0.263 e. The molecule has 0 radical (unpaired) electrons. The molecule has 11 heteroatoms. The van der Waals surface area contributed by atoms with E-state index >= 15 is 0 Å². The van der Waals surface area contributed by atoms with Crippen molar-refractivity contribution >= 4 is 43.4 Å². The van der Waals surface area contributed by atoms with Gasteiger partial charge in [0.1, 0.15) is 11.2 Å². The van der Waals surface area contributed by atoms with Gasteiger partial charge >= 0.3 is 0 Å². The number of sulfonamides is 1. The quantitative estimate of drug-likeness (QED) is 0.512. The van der Waals surface area contributed by atoms with E-state index in [0.717, 1.165) is 5.69 Å². The second-order valence-electron chi connectivity index (χ2n) is 5.48. The van der Waals surface area contributed by atoms with Crippen LogP contribution in [-0.4, -0.2) is 43.7 Å². The molecule has 0 saturated carbocycles. The van der Waals surface area contributed by atoms with Gasteiger partial charge in [-0.3, -0.25) is 9.29 Å². The summed E-state index contributed by atoms with van der Waals surface area (Å²) in [6, 6.07) is 9.91. The highest BCUT2D eigenvalue weighted by Crippen LogP contribution is 2.36. The molecule has 0 aliphatic heterocycles. The van der Waals surface area contributed by atoms with Gasteiger partial charge < -0.3 is 9.47 Å². The zero-order valence-electron chi connectivity index (χ0n) is 15.2. The summed E-state index contributed by atoms with van der Waals surface area (Å²) < 4.78 is 41.0. The van der Waals surface area contributed by atoms with Crippen LogP contribution in [0.2, 0.25) is 0 Å². The molecule has 8 nitrogen and oxygen atoms in total. The number of rotatable bonds is 7. The minimum absolute atomic E-state index is 0.0321. The molecular weight excluding hydrogens is 468 g/mol. The summed E-state index contributed by atoms with van der Waals surface area (Å²) in [4.78, 5) is 0.0321. The maximum absolute atomic E-state index is 12.9. The number of nitrogens with one attached hydrogen (secondary N) is 1. The van der Waals surface area contributed by atoms with Crippen LogP contribution in [0.3, 0.4) is 0 Å². The zero-order chi connectivity index (χ0) is 20.3. The Morgan fingerprint density at radius 3 is 2.54 bits per heavy atom. The van der Waals surface area contributed by atoms with Gasteiger partial charge in [-0.1, -0.05) is 17.8 Å². The van der Waals surface area contributed by atoms with Crippen LogP contribution < -0.4 is 14.2 Å². The first-order valence-electron chi connectivity index (χ1n) is 7.88. The van der Waals surface area contributed by atoms with Gasteiger partial charge in [-0.2, -0.15) is 0 Å². The number of benzene rings is 2. The Hall–Kier alpha value is -2.24. The Balaban J connectivity index is 1.97. The summed E-state index contributed by atoms with van der Waals surface area (Å²) in [6.45, 7) is 0. The van der Waals surface area contributed by atoms with Crippen molar-refractivity contribution in [3.8, 4) is 17.2 Å². The molecule has 3 aromatic rings. The number of aromatic nitrogens is 3. The van der Waals surface area contributed by atoms with E-state index in [1.807, 2.05) is 12.3 Å². The first-order chi connectivity index (χ1) is 13.4. The lowest BCUT2D eigenvalue weighted by atomic mass is 10.3. The monoisotopic (exact) mass is 484 g/mol. The van der Waals surface area contributed by atoms with Gasteiger partial charge in [0.05, 0.1) is 25.6 Å². The maximum atomic E-state index is 12.9. The minimum Gasteiger partial charge on any atom is -0.493 e. The highest BCUT2D eigenvalue weighted by Gasteiger charge is 2.21. The Bertz CT molecular complexity index is 1100. The van der Waals surface area contributed by atoms with E-state index < -0.39 is 10.0 Å². The van der Waals surface area contributed by atoms with Crippen LogP contribution in [-0.2, 0) is 10.0 Å². The molecule has 0 atom stereocenters. The van der Waals surface area contributed by atoms with Gasteiger partial charge in [0.2, 0.25) is 0 Å². The molecule has 0 aliphatic carbocycles. The number of hydrogen-bond acceptors (Lipinski definition) is 7. The maximum Gasteiger partial charge on any atom is 0.263 e. The summed E-state index contributed by atoms with van der Waals surface area (Å²) in [5.74, 6) is 0.737. The first kappa shape index (κ1) is 20.5. The van der Waals surface area contributed by atoms with Crippen LogP contribution in [0, 0.1) is 0 Å². The number of anilines is 1. The third-order valence-corrected chi connectivity index (χ3v) is 6.79. The summed E-state index contributed by atoms with van der Waals surface area (Å²) in [5, 5.41) is 8.60. The van der Waals surface area contributed by atoms with Crippen LogP contribution in [0.4, 0.5) is 5.69 Å². The number of thioether (sulfide) groups is 1.